The van der Waals surface area contributed by atoms with Gasteiger partial charge in [-0.15, -0.1) is 0 Å². The normalized spacial score (nSPS) is 10.7. The highest BCUT2D eigenvalue weighted by atomic mass is 16.6. The Morgan fingerprint density at radius 1 is 0.792 bits per heavy atom. The second kappa shape index (κ2) is 7.19. The van der Waals surface area contributed by atoms with Crippen molar-refractivity contribution < 1.29 is 4.92 Å². The van der Waals surface area contributed by atoms with E-state index in [1.807, 2.05) is 65.7 Å². The number of nitro benzene ring substituents is 1. The van der Waals surface area contributed by atoms with Gasteiger partial charge in [0.15, 0.2) is 0 Å². The molecule has 0 saturated carbocycles. The number of hydrogen-bond acceptors (Lipinski definition) is 4. The van der Waals surface area contributed by atoms with Gasteiger partial charge in [-0.05, 0) is 42.0 Å². The molecule has 118 valence electrons. The molecular weight excluding hydrogens is 302 g/mol. The lowest BCUT2D eigenvalue weighted by atomic mass is 10.2. The van der Waals surface area contributed by atoms with Crippen molar-refractivity contribution in [3.8, 4) is 0 Å². The zero-order valence-corrected chi connectivity index (χ0v) is 12.8. The third-order valence-corrected chi connectivity index (χ3v) is 3.43. The van der Waals surface area contributed by atoms with Crippen LogP contribution in [-0.2, 0) is 0 Å². The van der Waals surface area contributed by atoms with E-state index in [2.05, 4.69) is 5.10 Å². The van der Waals surface area contributed by atoms with Gasteiger partial charge in [0.1, 0.15) is 0 Å². The summed E-state index contributed by atoms with van der Waals surface area (Å²) in [5.41, 5.74) is 2.72. The molecule has 5 heteroatoms. The first kappa shape index (κ1) is 15.4. The number of non-ortho nitro benzene ring substituents is 1. The van der Waals surface area contributed by atoms with Gasteiger partial charge in [-0.1, -0.05) is 36.4 Å². The van der Waals surface area contributed by atoms with Crippen LogP contribution in [0.25, 0.3) is 0 Å². The molecule has 0 spiro atoms. The standard InChI is InChI=1S/C19H15N3O2/c23-22(24)19-13-11-16(12-14-19)15-20-21(17-7-3-1-4-8-17)18-9-5-2-6-10-18/h1-15H. The van der Waals surface area contributed by atoms with Gasteiger partial charge in [0.05, 0.1) is 22.5 Å². The molecule has 3 aromatic carbocycles. The van der Waals surface area contributed by atoms with Crippen molar-refractivity contribution in [2.75, 3.05) is 5.01 Å². The van der Waals surface area contributed by atoms with E-state index in [1.165, 1.54) is 12.1 Å². The van der Waals surface area contributed by atoms with Gasteiger partial charge >= 0.3 is 0 Å². The highest BCUT2D eigenvalue weighted by Gasteiger charge is 2.07. The summed E-state index contributed by atoms with van der Waals surface area (Å²) in [5, 5.41) is 17.1. The summed E-state index contributed by atoms with van der Waals surface area (Å²) in [6.07, 6.45) is 1.68. The van der Waals surface area contributed by atoms with Crippen molar-refractivity contribution in [1.82, 2.24) is 0 Å². The molecule has 0 bridgehead atoms. The summed E-state index contributed by atoms with van der Waals surface area (Å²) in [6.45, 7) is 0. The first-order valence-electron chi connectivity index (χ1n) is 7.43. The van der Waals surface area contributed by atoms with Crippen LogP contribution in [0.4, 0.5) is 17.1 Å². The predicted octanol–water partition coefficient (Wildman–Crippen LogP) is 4.77. The summed E-state index contributed by atoms with van der Waals surface area (Å²) in [7, 11) is 0. The van der Waals surface area contributed by atoms with E-state index in [4.69, 9.17) is 0 Å². The van der Waals surface area contributed by atoms with Crippen LogP contribution in [0, 0.1) is 10.1 Å². The van der Waals surface area contributed by atoms with Crippen LogP contribution in [0.5, 0.6) is 0 Å². The van der Waals surface area contributed by atoms with Crippen molar-refractivity contribution >= 4 is 23.3 Å². The maximum Gasteiger partial charge on any atom is 0.269 e. The first-order chi connectivity index (χ1) is 11.7. The minimum Gasteiger partial charge on any atom is -0.258 e. The zero-order chi connectivity index (χ0) is 16.8. The molecule has 0 amide bonds. The lowest BCUT2D eigenvalue weighted by Gasteiger charge is -2.19. The topological polar surface area (TPSA) is 58.7 Å². The number of nitrogens with zero attached hydrogens (tertiary/aromatic N) is 3. The SMILES string of the molecule is O=[N+]([O-])c1ccc(C=NN(c2ccccc2)c2ccccc2)cc1. The smallest absolute Gasteiger partial charge is 0.258 e. The molecule has 0 radical (unpaired) electrons. The maximum atomic E-state index is 10.7. The van der Waals surface area contributed by atoms with E-state index in [0.29, 0.717) is 0 Å². The molecule has 0 aliphatic heterocycles. The fourth-order valence-corrected chi connectivity index (χ4v) is 2.23. The van der Waals surface area contributed by atoms with Crippen molar-refractivity contribution in [3.05, 3.63) is 101 Å². The Bertz CT molecular complexity index is 792. The quantitative estimate of drug-likeness (QED) is 0.387. The average Bonchev–Trinajstić information content (AvgIpc) is 2.64. The highest BCUT2D eigenvalue weighted by Crippen LogP contribution is 2.25. The number of nitro groups is 1. The van der Waals surface area contributed by atoms with Gasteiger partial charge in [-0.3, -0.25) is 10.1 Å². The largest absolute Gasteiger partial charge is 0.269 e. The Kier molecular flexibility index (Phi) is 4.62. The number of para-hydroxylation sites is 2. The van der Waals surface area contributed by atoms with E-state index < -0.39 is 4.92 Å². The van der Waals surface area contributed by atoms with E-state index in [9.17, 15) is 10.1 Å². The maximum absolute atomic E-state index is 10.7. The Balaban J connectivity index is 1.90. The molecule has 0 aromatic heterocycles. The van der Waals surface area contributed by atoms with Crippen LogP contribution >= 0.6 is 0 Å². The van der Waals surface area contributed by atoms with Crippen LogP contribution in [0.3, 0.4) is 0 Å². The average molecular weight is 317 g/mol. The Morgan fingerprint density at radius 2 is 1.29 bits per heavy atom. The van der Waals surface area contributed by atoms with Gasteiger partial charge in [-0.25, -0.2) is 5.01 Å². The Hall–Kier alpha value is -3.47. The Morgan fingerprint density at radius 3 is 1.75 bits per heavy atom. The molecule has 3 rings (SSSR count). The lowest BCUT2D eigenvalue weighted by Crippen LogP contribution is -2.09. The van der Waals surface area contributed by atoms with E-state index in [1.54, 1.807) is 18.3 Å². The fourth-order valence-electron chi connectivity index (χ4n) is 2.23. The van der Waals surface area contributed by atoms with Crippen LogP contribution in [0.15, 0.2) is 90.0 Å². The van der Waals surface area contributed by atoms with Gasteiger partial charge in [0.2, 0.25) is 0 Å². The van der Waals surface area contributed by atoms with Crippen LogP contribution in [-0.4, -0.2) is 11.1 Å². The first-order valence-corrected chi connectivity index (χ1v) is 7.43. The van der Waals surface area contributed by atoms with Gasteiger partial charge in [0, 0.05) is 12.1 Å². The van der Waals surface area contributed by atoms with Crippen molar-refractivity contribution in [3.63, 3.8) is 0 Å². The van der Waals surface area contributed by atoms with E-state index in [0.717, 1.165) is 16.9 Å². The minimum atomic E-state index is -0.416. The van der Waals surface area contributed by atoms with Gasteiger partial charge < -0.3 is 0 Å². The zero-order valence-electron chi connectivity index (χ0n) is 12.8. The van der Waals surface area contributed by atoms with Crippen molar-refractivity contribution in [2.24, 2.45) is 5.10 Å². The van der Waals surface area contributed by atoms with Gasteiger partial charge in [-0.2, -0.15) is 5.10 Å². The molecule has 0 heterocycles. The molecule has 24 heavy (non-hydrogen) atoms. The molecule has 0 unspecified atom stereocenters. The summed E-state index contributed by atoms with van der Waals surface area (Å²) in [5.74, 6) is 0. The van der Waals surface area contributed by atoms with Crippen LogP contribution in [0.1, 0.15) is 5.56 Å². The van der Waals surface area contributed by atoms with E-state index >= 15 is 0 Å². The summed E-state index contributed by atoms with van der Waals surface area (Å²) >= 11 is 0. The monoisotopic (exact) mass is 317 g/mol. The molecule has 0 atom stereocenters. The second-order valence-electron chi connectivity index (χ2n) is 5.08. The number of anilines is 2. The third kappa shape index (κ3) is 3.64. The number of hydrazone groups is 1. The molecule has 0 N–H and O–H groups in total. The molecule has 0 saturated heterocycles. The Labute approximate surface area is 139 Å². The molecule has 3 aromatic rings. The number of benzene rings is 3. The van der Waals surface area contributed by atoms with Gasteiger partial charge in [0.25, 0.3) is 5.69 Å². The second-order valence-corrected chi connectivity index (χ2v) is 5.08. The predicted molar refractivity (Wildman–Crippen MR) is 95.7 cm³/mol. The molecular formula is C19H15N3O2. The number of hydrogen-bond donors (Lipinski definition) is 0. The molecule has 5 nitrogen and oxygen atoms in total. The van der Waals surface area contributed by atoms with Crippen molar-refractivity contribution in [1.29, 1.82) is 0 Å². The minimum absolute atomic E-state index is 0.0649. The van der Waals surface area contributed by atoms with Crippen LogP contribution in [0.2, 0.25) is 0 Å². The lowest BCUT2D eigenvalue weighted by molar-refractivity contribution is -0.384. The summed E-state index contributed by atoms with van der Waals surface area (Å²) < 4.78 is 0. The molecule has 0 aliphatic rings. The van der Waals surface area contributed by atoms with Crippen LogP contribution < -0.4 is 5.01 Å². The molecule has 0 aliphatic carbocycles. The fraction of sp³-hybridized carbons (Fsp3) is 0. The number of rotatable bonds is 5. The van der Waals surface area contributed by atoms with E-state index in [-0.39, 0.29) is 5.69 Å². The summed E-state index contributed by atoms with van der Waals surface area (Å²) in [6, 6.07) is 25.9. The highest BCUT2D eigenvalue weighted by molar-refractivity contribution is 5.82. The third-order valence-electron chi connectivity index (χ3n) is 3.43. The summed E-state index contributed by atoms with van der Waals surface area (Å²) in [4.78, 5) is 10.3. The molecule has 0 fully saturated rings. The van der Waals surface area contributed by atoms with Crippen molar-refractivity contribution in [2.45, 2.75) is 0 Å².